The average molecular weight is 463 g/mol. The van der Waals surface area contributed by atoms with Crippen LogP contribution in [0.15, 0.2) is 41.3 Å². The molecule has 1 aliphatic heterocycles. The van der Waals surface area contributed by atoms with Gasteiger partial charge in [0, 0.05) is 31.4 Å². The molecule has 0 saturated carbocycles. The quantitative estimate of drug-likeness (QED) is 0.707. The molecule has 2 N–H and O–H groups in total. The Hall–Kier alpha value is -2.73. The fourth-order valence-electron chi connectivity index (χ4n) is 3.52. The first-order valence-corrected chi connectivity index (χ1v) is 10.5. The summed E-state index contributed by atoms with van der Waals surface area (Å²) in [5.41, 5.74) is 3.07. The SMILES string of the molecule is C[C@@H]1CN(c2ccc(F)cc2C(F)(F)F)CCN1S(=O)(=O)c1ccc(F)c(C(N)=O)c1. The van der Waals surface area contributed by atoms with Crippen molar-refractivity contribution in [3.8, 4) is 0 Å². The number of nitrogens with zero attached hydrogens (tertiary/aromatic N) is 2. The summed E-state index contributed by atoms with van der Waals surface area (Å²) in [5.74, 6) is -3.14. The van der Waals surface area contributed by atoms with Gasteiger partial charge >= 0.3 is 6.18 Å². The smallest absolute Gasteiger partial charge is 0.368 e. The lowest BCUT2D eigenvalue weighted by molar-refractivity contribution is -0.137. The van der Waals surface area contributed by atoms with Gasteiger partial charge in [-0.25, -0.2) is 17.2 Å². The second-order valence-electron chi connectivity index (χ2n) is 7.08. The van der Waals surface area contributed by atoms with Crippen LogP contribution < -0.4 is 10.6 Å². The minimum absolute atomic E-state index is 0.0951. The van der Waals surface area contributed by atoms with Crippen LogP contribution in [0.2, 0.25) is 0 Å². The Morgan fingerprint density at radius 1 is 1.10 bits per heavy atom. The molecule has 2 aromatic rings. The van der Waals surface area contributed by atoms with E-state index in [2.05, 4.69) is 0 Å². The maximum atomic E-state index is 13.7. The number of hydrogen-bond donors (Lipinski definition) is 1. The van der Waals surface area contributed by atoms with Crippen molar-refractivity contribution >= 4 is 21.6 Å². The van der Waals surface area contributed by atoms with Crippen LogP contribution >= 0.6 is 0 Å². The van der Waals surface area contributed by atoms with Gasteiger partial charge in [0.15, 0.2) is 0 Å². The Morgan fingerprint density at radius 2 is 1.77 bits per heavy atom. The lowest BCUT2D eigenvalue weighted by Crippen LogP contribution is -2.54. The number of benzene rings is 2. The van der Waals surface area contributed by atoms with Crippen LogP contribution in [-0.4, -0.2) is 44.3 Å². The number of piperazine rings is 1. The van der Waals surface area contributed by atoms with Gasteiger partial charge < -0.3 is 10.6 Å². The first-order valence-electron chi connectivity index (χ1n) is 9.05. The third-order valence-electron chi connectivity index (χ3n) is 4.98. The predicted molar refractivity (Wildman–Crippen MR) is 102 cm³/mol. The van der Waals surface area contributed by atoms with E-state index in [0.717, 1.165) is 34.6 Å². The number of carbonyl (C=O) groups is 1. The minimum atomic E-state index is -4.79. The molecule has 0 spiro atoms. The summed E-state index contributed by atoms with van der Waals surface area (Å²) in [4.78, 5) is 12.3. The van der Waals surface area contributed by atoms with Crippen LogP contribution in [0.25, 0.3) is 0 Å². The van der Waals surface area contributed by atoms with E-state index in [1.165, 1.54) is 11.8 Å². The predicted octanol–water partition coefficient (Wildman–Crippen LogP) is 2.98. The van der Waals surface area contributed by atoms with Crippen molar-refractivity contribution in [3.05, 3.63) is 59.2 Å². The molecule has 12 heteroatoms. The zero-order valence-corrected chi connectivity index (χ0v) is 17.0. The molecule has 0 radical (unpaired) electrons. The molecule has 1 atom stereocenters. The molecule has 6 nitrogen and oxygen atoms in total. The number of hydrogen-bond acceptors (Lipinski definition) is 4. The van der Waals surface area contributed by atoms with Crippen LogP contribution in [0.5, 0.6) is 0 Å². The summed E-state index contributed by atoms with van der Waals surface area (Å²) in [5, 5.41) is 0. The number of rotatable bonds is 4. The number of nitrogens with two attached hydrogens (primary N) is 1. The van der Waals surface area contributed by atoms with Crippen LogP contribution in [0.3, 0.4) is 0 Å². The molecule has 1 aliphatic rings. The number of carbonyl (C=O) groups excluding carboxylic acids is 1. The summed E-state index contributed by atoms with van der Waals surface area (Å²) in [6.07, 6.45) is -4.79. The third-order valence-corrected chi connectivity index (χ3v) is 6.99. The Kier molecular flexibility index (Phi) is 5.98. The lowest BCUT2D eigenvalue weighted by Gasteiger charge is -2.40. The van der Waals surface area contributed by atoms with Gasteiger partial charge in [-0.1, -0.05) is 0 Å². The van der Waals surface area contributed by atoms with Gasteiger partial charge in [-0.15, -0.1) is 0 Å². The number of alkyl halides is 3. The largest absolute Gasteiger partial charge is 0.418 e. The fourth-order valence-corrected chi connectivity index (χ4v) is 5.16. The van der Waals surface area contributed by atoms with Gasteiger partial charge in [0.2, 0.25) is 10.0 Å². The molecule has 2 aromatic carbocycles. The normalized spacial score (nSPS) is 18.3. The van der Waals surface area contributed by atoms with E-state index in [9.17, 15) is 35.2 Å². The van der Waals surface area contributed by atoms with Gasteiger partial charge in [0.1, 0.15) is 11.6 Å². The molecule has 1 amide bonds. The monoisotopic (exact) mass is 463 g/mol. The van der Waals surface area contributed by atoms with E-state index >= 15 is 0 Å². The van der Waals surface area contributed by atoms with E-state index in [4.69, 9.17) is 5.73 Å². The van der Waals surface area contributed by atoms with Crippen LogP contribution in [0.4, 0.5) is 27.6 Å². The van der Waals surface area contributed by atoms with Crippen LogP contribution in [-0.2, 0) is 16.2 Å². The van der Waals surface area contributed by atoms with E-state index in [0.29, 0.717) is 6.07 Å². The maximum Gasteiger partial charge on any atom is 0.418 e. The molecule has 31 heavy (non-hydrogen) atoms. The van der Waals surface area contributed by atoms with Gasteiger partial charge in [0.25, 0.3) is 5.91 Å². The summed E-state index contributed by atoms with van der Waals surface area (Å²) in [6, 6.07) is 4.16. The average Bonchev–Trinajstić information content (AvgIpc) is 2.66. The van der Waals surface area contributed by atoms with Crippen molar-refractivity contribution in [2.45, 2.75) is 24.0 Å². The summed E-state index contributed by atoms with van der Waals surface area (Å²) in [7, 11) is -4.18. The van der Waals surface area contributed by atoms with E-state index in [1.807, 2.05) is 0 Å². The summed E-state index contributed by atoms with van der Waals surface area (Å²) >= 11 is 0. The minimum Gasteiger partial charge on any atom is -0.368 e. The number of halogens is 5. The molecule has 1 heterocycles. The highest BCUT2D eigenvalue weighted by atomic mass is 32.2. The van der Waals surface area contributed by atoms with Gasteiger partial charge in [-0.3, -0.25) is 4.79 Å². The molecule has 3 rings (SSSR count). The van der Waals surface area contributed by atoms with Crippen molar-refractivity contribution < 1.29 is 35.2 Å². The number of primary amides is 1. The molecular formula is C19H18F5N3O3S. The fraction of sp³-hybridized carbons (Fsp3) is 0.316. The highest BCUT2D eigenvalue weighted by Crippen LogP contribution is 2.38. The topological polar surface area (TPSA) is 83.7 Å². The van der Waals surface area contributed by atoms with E-state index < -0.39 is 50.9 Å². The molecule has 168 valence electrons. The van der Waals surface area contributed by atoms with Gasteiger partial charge in [-0.05, 0) is 43.3 Å². The standard InChI is InChI=1S/C19H18F5N3O3S/c1-11-10-26(17-5-2-12(20)8-15(17)19(22,23)24)6-7-27(11)31(29,30)13-3-4-16(21)14(9-13)18(25)28/h2-5,8-9,11H,6-7,10H2,1H3,(H2,25,28)/t11-/m1/s1. The zero-order valence-electron chi connectivity index (χ0n) is 16.2. The zero-order chi connectivity index (χ0) is 23.1. The van der Waals surface area contributed by atoms with Gasteiger partial charge in [0.05, 0.1) is 16.0 Å². The molecule has 0 aliphatic carbocycles. The van der Waals surface area contributed by atoms with E-state index in [-0.39, 0.29) is 30.2 Å². The van der Waals surface area contributed by atoms with Crippen molar-refractivity contribution in [2.24, 2.45) is 5.73 Å². The second kappa shape index (κ2) is 8.08. The van der Waals surface area contributed by atoms with Crippen molar-refractivity contribution in [3.63, 3.8) is 0 Å². The molecule has 1 fully saturated rings. The Morgan fingerprint density at radius 3 is 2.35 bits per heavy atom. The van der Waals surface area contributed by atoms with E-state index in [1.54, 1.807) is 0 Å². The summed E-state index contributed by atoms with van der Waals surface area (Å²) < 4.78 is 94.1. The summed E-state index contributed by atoms with van der Waals surface area (Å²) in [6.45, 7) is 1.13. The highest BCUT2D eigenvalue weighted by molar-refractivity contribution is 7.89. The molecule has 0 bridgehead atoms. The lowest BCUT2D eigenvalue weighted by atomic mass is 10.1. The molecule has 1 saturated heterocycles. The van der Waals surface area contributed by atoms with Crippen molar-refractivity contribution in [1.29, 1.82) is 0 Å². The molecule has 0 unspecified atom stereocenters. The van der Waals surface area contributed by atoms with Crippen LogP contribution in [0, 0.1) is 11.6 Å². The first-order chi connectivity index (χ1) is 14.3. The Balaban J connectivity index is 1.89. The van der Waals surface area contributed by atoms with Crippen molar-refractivity contribution in [1.82, 2.24) is 4.31 Å². The molecule has 0 aromatic heterocycles. The van der Waals surface area contributed by atoms with Crippen LogP contribution in [0.1, 0.15) is 22.8 Å². The Bertz CT molecular complexity index is 1120. The first kappa shape index (κ1) is 22.9. The Labute approximate surface area is 175 Å². The maximum absolute atomic E-state index is 13.7. The molecular weight excluding hydrogens is 445 g/mol. The number of amides is 1. The number of sulfonamides is 1. The highest BCUT2D eigenvalue weighted by Gasteiger charge is 2.39. The second-order valence-corrected chi connectivity index (χ2v) is 8.97. The third kappa shape index (κ3) is 4.49. The number of anilines is 1. The van der Waals surface area contributed by atoms with Gasteiger partial charge in [-0.2, -0.15) is 17.5 Å². The van der Waals surface area contributed by atoms with Crippen molar-refractivity contribution in [2.75, 3.05) is 24.5 Å².